The van der Waals surface area contributed by atoms with E-state index in [-0.39, 0.29) is 23.3 Å². The quantitative estimate of drug-likeness (QED) is 0.347. The Morgan fingerprint density at radius 2 is 1.49 bits per heavy atom. The van der Waals surface area contributed by atoms with Crippen molar-refractivity contribution in [2.45, 2.75) is 58.5 Å². The summed E-state index contributed by atoms with van der Waals surface area (Å²) >= 11 is 0. The summed E-state index contributed by atoms with van der Waals surface area (Å²) in [6.07, 6.45) is 0.589. The highest BCUT2D eigenvalue weighted by atomic mass is 32.2. The number of aryl methyl sites for hydroxylation is 2. The summed E-state index contributed by atoms with van der Waals surface area (Å²) in [5.74, 6) is -0.498. The molecule has 0 aliphatic rings. The second-order valence-electron chi connectivity index (χ2n) is 10.1. The molecule has 7 nitrogen and oxygen atoms in total. The van der Waals surface area contributed by atoms with Crippen LogP contribution in [0, 0.1) is 12.8 Å². The van der Waals surface area contributed by atoms with Gasteiger partial charge in [0.2, 0.25) is 11.8 Å². The highest BCUT2D eigenvalue weighted by Gasteiger charge is 2.33. The zero-order valence-electron chi connectivity index (χ0n) is 23.4. The third-order valence-corrected chi connectivity index (χ3v) is 8.35. The Hall–Kier alpha value is -3.65. The molecule has 1 N–H and O–H groups in total. The van der Waals surface area contributed by atoms with Gasteiger partial charge in [-0.25, -0.2) is 8.42 Å². The van der Waals surface area contributed by atoms with Gasteiger partial charge in [-0.3, -0.25) is 13.9 Å². The number of benzene rings is 3. The lowest BCUT2D eigenvalue weighted by molar-refractivity contribution is -0.139. The van der Waals surface area contributed by atoms with E-state index in [4.69, 9.17) is 0 Å². The van der Waals surface area contributed by atoms with Crippen molar-refractivity contribution in [3.05, 3.63) is 95.6 Å². The van der Waals surface area contributed by atoms with Crippen molar-refractivity contribution in [2.75, 3.05) is 17.4 Å². The average Bonchev–Trinajstić information content (AvgIpc) is 2.93. The number of hydrogen-bond donors (Lipinski definition) is 1. The van der Waals surface area contributed by atoms with E-state index in [1.165, 1.54) is 9.21 Å². The van der Waals surface area contributed by atoms with Gasteiger partial charge in [-0.1, -0.05) is 87.0 Å². The summed E-state index contributed by atoms with van der Waals surface area (Å²) in [6.45, 7) is 9.71. The summed E-state index contributed by atoms with van der Waals surface area (Å²) in [4.78, 5) is 28.6. The minimum atomic E-state index is -4.09. The molecule has 0 bridgehead atoms. The van der Waals surface area contributed by atoms with Crippen LogP contribution in [0.2, 0.25) is 0 Å². The Labute approximate surface area is 232 Å². The summed E-state index contributed by atoms with van der Waals surface area (Å²) in [6, 6.07) is 22.4. The lowest BCUT2D eigenvalue weighted by Gasteiger charge is -2.32. The highest BCUT2D eigenvalue weighted by Crippen LogP contribution is 2.28. The van der Waals surface area contributed by atoms with Crippen molar-refractivity contribution in [2.24, 2.45) is 5.92 Å². The predicted molar refractivity (Wildman–Crippen MR) is 156 cm³/mol. The lowest BCUT2D eigenvalue weighted by Crippen LogP contribution is -2.51. The molecule has 0 aliphatic carbocycles. The summed E-state index contributed by atoms with van der Waals surface area (Å²) in [7, 11) is -4.09. The first kappa shape index (κ1) is 29.9. The number of para-hydroxylation sites is 1. The van der Waals surface area contributed by atoms with E-state index < -0.39 is 28.5 Å². The van der Waals surface area contributed by atoms with E-state index in [1.54, 1.807) is 43.3 Å². The SMILES string of the molecule is CCc1ccccc1N(CC(=O)N(Cc1ccccc1)[C@H](C)C(=O)NCC(C)C)S(=O)(=O)c1ccc(C)cc1. The zero-order chi connectivity index (χ0) is 28.6. The van der Waals surface area contributed by atoms with Gasteiger partial charge in [0, 0.05) is 13.1 Å². The van der Waals surface area contributed by atoms with Gasteiger partial charge in [0.25, 0.3) is 10.0 Å². The van der Waals surface area contributed by atoms with Gasteiger partial charge in [0.05, 0.1) is 10.6 Å². The number of rotatable bonds is 12. The Morgan fingerprint density at radius 3 is 2.10 bits per heavy atom. The predicted octanol–water partition coefficient (Wildman–Crippen LogP) is 4.94. The molecule has 39 heavy (non-hydrogen) atoms. The number of amides is 2. The Balaban J connectivity index is 2.03. The zero-order valence-corrected chi connectivity index (χ0v) is 24.2. The Kier molecular flexibility index (Phi) is 10.3. The van der Waals surface area contributed by atoms with Gasteiger partial charge < -0.3 is 10.2 Å². The van der Waals surface area contributed by atoms with Crippen molar-refractivity contribution < 1.29 is 18.0 Å². The van der Waals surface area contributed by atoms with Gasteiger partial charge in [-0.15, -0.1) is 0 Å². The molecule has 0 fully saturated rings. The molecule has 0 saturated heterocycles. The Bertz CT molecular complexity index is 1360. The molecule has 0 unspecified atom stereocenters. The molecule has 0 saturated carbocycles. The van der Waals surface area contributed by atoms with Crippen LogP contribution in [0.3, 0.4) is 0 Å². The van der Waals surface area contributed by atoms with E-state index in [0.717, 1.165) is 16.7 Å². The minimum absolute atomic E-state index is 0.101. The van der Waals surface area contributed by atoms with E-state index in [1.807, 2.05) is 70.2 Å². The fraction of sp³-hybridized carbons (Fsp3) is 0.355. The van der Waals surface area contributed by atoms with Crippen molar-refractivity contribution >= 4 is 27.5 Å². The monoisotopic (exact) mass is 549 g/mol. The summed E-state index contributed by atoms with van der Waals surface area (Å²) in [5.41, 5.74) is 3.03. The van der Waals surface area contributed by atoms with Crippen molar-refractivity contribution in [3.63, 3.8) is 0 Å². The maximum atomic E-state index is 14.0. The minimum Gasteiger partial charge on any atom is -0.354 e. The smallest absolute Gasteiger partial charge is 0.264 e. The van der Waals surface area contributed by atoms with Crippen LogP contribution >= 0.6 is 0 Å². The van der Waals surface area contributed by atoms with E-state index in [0.29, 0.717) is 18.7 Å². The number of nitrogens with zero attached hydrogens (tertiary/aromatic N) is 2. The highest BCUT2D eigenvalue weighted by molar-refractivity contribution is 7.92. The van der Waals surface area contributed by atoms with Crippen LogP contribution < -0.4 is 9.62 Å². The van der Waals surface area contributed by atoms with Crippen molar-refractivity contribution in [1.29, 1.82) is 0 Å². The molecule has 3 aromatic carbocycles. The number of nitrogens with one attached hydrogen (secondary N) is 1. The molecule has 0 radical (unpaired) electrons. The number of hydrogen-bond acceptors (Lipinski definition) is 4. The molecule has 0 aliphatic heterocycles. The van der Waals surface area contributed by atoms with Crippen molar-refractivity contribution in [1.82, 2.24) is 10.2 Å². The first-order valence-electron chi connectivity index (χ1n) is 13.3. The van der Waals surface area contributed by atoms with Gasteiger partial charge in [-0.2, -0.15) is 0 Å². The number of carbonyl (C=O) groups excluding carboxylic acids is 2. The first-order valence-corrected chi connectivity index (χ1v) is 14.8. The van der Waals surface area contributed by atoms with E-state index in [2.05, 4.69) is 5.32 Å². The second kappa shape index (κ2) is 13.4. The van der Waals surface area contributed by atoms with Crippen LogP contribution in [0.1, 0.15) is 44.4 Å². The second-order valence-corrected chi connectivity index (χ2v) is 12.0. The molecule has 3 aromatic rings. The molecule has 208 valence electrons. The van der Waals surface area contributed by atoms with E-state index >= 15 is 0 Å². The normalized spacial score (nSPS) is 12.2. The van der Waals surface area contributed by atoms with Gasteiger partial charge >= 0.3 is 0 Å². The summed E-state index contributed by atoms with van der Waals surface area (Å²) < 4.78 is 29.1. The summed E-state index contributed by atoms with van der Waals surface area (Å²) in [5, 5.41) is 2.90. The third-order valence-electron chi connectivity index (χ3n) is 6.58. The largest absolute Gasteiger partial charge is 0.354 e. The maximum absolute atomic E-state index is 14.0. The van der Waals surface area contributed by atoms with Gasteiger partial charge in [-0.05, 0) is 55.5 Å². The fourth-order valence-electron chi connectivity index (χ4n) is 4.22. The third kappa shape index (κ3) is 7.69. The number of sulfonamides is 1. The molecule has 2 amide bonds. The number of anilines is 1. The molecule has 8 heteroatoms. The van der Waals surface area contributed by atoms with Gasteiger partial charge in [0.1, 0.15) is 12.6 Å². The molecule has 0 aromatic heterocycles. The molecular formula is C31H39N3O4S. The van der Waals surface area contributed by atoms with Crippen LogP contribution in [0.25, 0.3) is 0 Å². The maximum Gasteiger partial charge on any atom is 0.264 e. The van der Waals surface area contributed by atoms with Gasteiger partial charge in [0.15, 0.2) is 0 Å². The molecule has 0 heterocycles. The molecule has 0 spiro atoms. The topological polar surface area (TPSA) is 86.8 Å². The lowest BCUT2D eigenvalue weighted by atomic mass is 10.1. The first-order chi connectivity index (χ1) is 18.5. The van der Waals surface area contributed by atoms with Crippen LogP contribution in [0.5, 0.6) is 0 Å². The van der Waals surface area contributed by atoms with Crippen LogP contribution in [-0.2, 0) is 32.6 Å². The van der Waals surface area contributed by atoms with E-state index in [9.17, 15) is 18.0 Å². The van der Waals surface area contributed by atoms with Crippen LogP contribution in [0.4, 0.5) is 5.69 Å². The fourth-order valence-corrected chi connectivity index (χ4v) is 5.67. The van der Waals surface area contributed by atoms with Crippen LogP contribution in [0.15, 0.2) is 83.8 Å². The molecular weight excluding hydrogens is 510 g/mol. The Morgan fingerprint density at radius 1 is 0.872 bits per heavy atom. The molecule has 3 rings (SSSR count). The number of carbonyl (C=O) groups is 2. The molecule has 1 atom stereocenters. The van der Waals surface area contributed by atoms with Crippen molar-refractivity contribution in [3.8, 4) is 0 Å². The average molecular weight is 550 g/mol. The van der Waals surface area contributed by atoms with Crippen LogP contribution in [-0.4, -0.2) is 44.3 Å². The standard InChI is InChI=1S/C31H39N3O4S/c1-6-27-14-10-11-15-29(27)34(39(37,38)28-18-16-24(4)17-19-28)22-30(35)33(21-26-12-8-7-9-13-26)25(5)31(36)32-20-23(2)3/h7-19,23,25H,6,20-22H2,1-5H3,(H,32,36)/t25-/m1/s1.